The van der Waals surface area contributed by atoms with Crippen molar-refractivity contribution in [3.8, 4) is 0 Å². The molecule has 0 aromatic carbocycles. The van der Waals surface area contributed by atoms with Crippen LogP contribution in [0.15, 0.2) is 10.2 Å². The van der Waals surface area contributed by atoms with Crippen LogP contribution >= 0.6 is 11.3 Å². The summed E-state index contributed by atoms with van der Waals surface area (Å²) in [5, 5.41) is 5.33. The van der Waals surface area contributed by atoms with Gasteiger partial charge >= 0.3 is 4.87 Å². The molecule has 14 heavy (non-hydrogen) atoms. The van der Waals surface area contributed by atoms with Gasteiger partial charge in [-0.3, -0.25) is 4.79 Å². The molecule has 0 aliphatic heterocycles. The molecule has 0 amide bonds. The van der Waals surface area contributed by atoms with Crippen LogP contribution in [0.3, 0.4) is 0 Å². The third kappa shape index (κ3) is 2.25. The summed E-state index contributed by atoms with van der Waals surface area (Å²) in [4.78, 5) is 13.7. The number of H-pyrrole nitrogens is 1. The Labute approximate surface area is 87.6 Å². The number of hydrogen-bond acceptors (Lipinski definition) is 3. The van der Waals surface area contributed by atoms with Crippen LogP contribution in [0.25, 0.3) is 0 Å². The maximum absolute atomic E-state index is 10.9. The Balaban J connectivity index is 1.77. The highest BCUT2D eigenvalue weighted by Gasteiger charge is 2.35. The van der Waals surface area contributed by atoms with Gasteiger partial charge in [0.15, 0.2) is 0 Å². The van der Waals surface area contributed by atoms with E-state index in [9.17, 15) is 4.79 Å². The van der Waals surface area contributed by atoms with Gasteiger partial charge in [0, 0.05) is 23.7 Å². The second-order valence-electron chi connectivity index (χ2n) is 4.82. The first-order chi connectivity index (χ1) is 6.55. The second kappa shape index (κ2) is 3.51. The average molecular weight is 212 g/mol. The number of hydrogen-bond donors (Lipinski definition) is 2. The smallest absolute Gasteiger partial charge is 0.304 e. The molecule has 4 heteroatoms. The Morgan fingerprint density at radius 3 is 2.86 bits per heavy atom. The molecule has 2 N–H and O–H groups in total. The number of thiazole rings is 1. The first-order valence-electron chi connectivity index (χ1n) is 4.95. The van der Waals surface area contributed by atoms with E-state index in [1.807, 2.05) is 5.38 Å². The van der Waals surface area contributed by atoms with Gasteiger partial charge in [-0.05, 0) is 18.3 Å². The molecule has 78 valence electrons. The molecular weight excluding hydrogens is 196 g/mol. The largest absolute Gasteiger partial charge is 0.315 e. The monoisotopic (exact) mass is 212 g/mol. The fourth-order valence-electron chi connectivity index (χ4n) is 2.07. The van der Waals surface area contributed by atoms with Crippen LogP contribution in [0.2, 0.25) is 0 Å². The van der Waals surface area contributed by atoms with Gasteiger partial charge in [-0.2, -0.15) is 0 Å². The molecule has 1 saturated carbocycles. The van der Waals surface area contributed by atoms with Gasteiger partial charge in [-0.15, -0.1) is 0 Å². The maximum atomic E-state index is 10.9. The molecule has 1 aliphatic carbocycles. The predicted molar refractivity (Wildman–Crippen MR) is 58.6 cm³/mol. The van der Waals surface area contributed by atoms with Gasteiger partial charge in [-0.25, -0.2) is 0 Å². The van der Waals surface area contributed by atoms with Crippen molar-refractivity contribution in [2.24, 2.45) is 5.41 Å². The second-order valence-corrected chi connectivity index (χ2v) is 5.67. The Hall–Kier alpha value is -0.610. The van der Waals surface area contributed by atoms with Crippen molar-refractivity contribution in [2.75, 3.05) is 0 Å². The SMILES string of the molecule is CC1(C)CC(NCc2csc(=O)[nH]2)C1. The Morgan fingerprint density at radius 1 is 1.64 bits per heavy atom. The summed E-state index contributed by atoms with van der Waals surface area (Å²) < 4.78 is 0. The zero-order chi connectivity index (χ0) is 10.2. The highest BCUT2D eigenvalue weighted by molar-refractivity contribution is 7.07. The third-order valence-corrected chi connectivity index (χ3v) is 3.47. The quantitative estimate of drug-likeness (QED) is 0.801. The molecule has 0 bridgehead atoms. The van der Waals surface area contributed by atoms with Crippen molar-refractivity contribution in [2.45, 2.75) is 39.3 Å². The van der Waals surface area contributed by atoms with Gasteiger partial charge in [0.2, 0.25) is 0 Å². The van der Waals surface area contributed by atoms with E-state index in [-0.39, 0.29) is 4.87 Å². The summed E-state index contributed by atoms with van der Waals surface area (Å²) >= 11 is 1.23. The molecule has 0 spiro atoms. The Bertz CT molecular complexity index is 358. The summed E-state index contributed by atoms with van der Waals surface area (Å²) in [6.07, 6.45) is 2.47. The third-order valence-electron chi connectivity index (χ3n) is 2.75. The van der Waals surface area contributed by atoms with Crippen molar-refractivity contribution in [3.63, 3.8) is 0 Å². The predicted octanol–water partition coefficient (Wildman–Crippen LogP) is 1.71. The zero-order valence-electron chi connectivity index (χ0n) is 8.59. The number of rotatable bonds is 3. The van der Waals surface area contributed by atoms with Crippen molar-refractivity contribution in [1.29, 1.82) is 0 Å². The van der Waals surface area contributed by atoms with Crippen molar-refractivity contribution in [3.05, 3.63) is 20.7 Å². The normalized spacial score (nSPS) is 20.7. The van der Waals surface area contributed by atoms with Crippen molar-refractivity contribution in [1.82, 2.24) is 10.3 Å². The Kier molecular flexibility index (Phi) is 2.49. The number of aromatic amines is 1. The maximum Gasteiger partial charge on any atom is 0.304 e. The molecule has 0 atom stereocenters. The molecule has 1 heterocycles. The topological polar surface area (TPSA) is 44.9 Å². The fourth-order valence-corrected chi connectivity index (χ4v) is 2.66. The molecule has 0 saturated heterocycles. The van der Waals surface area contributed by atoms with Gasteiger partial charge in [0.25, 0.3) is 0 Å². The van der Waals surface area contributed by atoms with Gasteiger partial charge < -0.3 is 10.3 Å². The molecule has 2 rings (SSSR count). The van der Waals surface area contributed by atoms with Crippen LogP contribution in [0.4, 0.5) is 0 Å². The van der Waals surface area contributed by atoms with E-state index in [2.05, 4.69) is 24.1 Å². The molecule has 0 radical (unpaired) electrons. The molecule has 3 nitrogen and oxygen atoms in total. The molecular formula is C10H16N2OS. The lowest BCUT2D eigenvalue weighted by atomic mass is 9.68. The van der Waals surface area contributed by atoms with Crippen molar-refractivity contribution >= 4 is 11.3 Å². The van der Waals surface area contributed by atoms with E-state index in [1.54, 1.807) is 0 Å². The lowest BCUT2D eigenvalue weighted by molar-refractivity contribution is 0.125. The highest BCUT2D eigenvalue weighted by atomic mass is 32.1. The zero-order valence-corrected chi connectivity index (χ0v) is 9.41. The standard InChI is InChI=1S/C10H16N2OS/c1-10(2)3-7(4-10)11-5-8-6-14-9(13)12-8/h6-7,11H,3-5H2,1-2H3,(H,12,13). The minimum atomic E-state index is 0.0377. The van der Waals surface area contributed by atoms with E-state index in [0.29, 0.717) is 11.5 Å². The van der Waals surface area contributed by atoms with E-state index >= 15 is 0 Å². The first-order valence-corrected chi connectivity index (χ1v) is 5.83. The summed E-state index contributed by atoms with van der Waals surface area (Å²) in [7, 11) is 0. The van der Waals surface area contributed by atoms with E-state index in [4.69, 9.17) is 0 Å². The Morgan fingerprint density at radius 2 is 2.36 bits per heavy atom. The molecule has 1 fully saturated rings. The minimum Gasteiger partial charge on any atom is -0.315 e. The van der Waals surface area contributed by atoms with E-state index in [0.717, 1.165) is 12.2 Å². The van der Waals surface area contributed by atoms with Crippen LogP contribution in [0.1, 0.15) is 32.4 Å². The van der Waals surface area contributed by atoms with Crippen LogP contribution in [0.5, 0.6) is 0 Å². The average Bonchev–Trinajstić information content (AvgIpc) is 2.44. The molecule has 1 aliphatic rings. The van der Waals surface area contributed by atoms with Crippen molar-refractivity contribution < 1.29 is 0 Å². The molecule has 1 aromatic heterocycles. The lowest BCUT2D eigenvalue weighted by Crippen LogP contribution is -2.45. The molecule has 0 unspecified atom stereocenters. The van der Waals surface area contributed by atoms with Gasteiger partial charge in [0.1, 0.15) is 0 Å². The number of nitrogens with one attached hydrogen (secondary N) is 2. The van der Waals surface area contributed by atoms with Gasteiger partial charge in [0.05, 0.1) is 0 Å². The van der Waals surface area contributed by atoms with Crippen LogP contribution in [0, 0.1) is 5.41 Å². The van der Waals surface area contributed by atoms with E-state index < -0.39 is 0 Å². The molecule has 1 aromatic rings. The highest BCUT2D eigenvalue weighted by Crippen LogP contribution is 2.39. The van der Waals surface area contributed by atoms with Crippen LogP contribution in [-0.2, 0) is 6.54 Å². The summed E-state index contributed by atoms with van der Waals surface area (Å²) in [5.41, 5.74) is 1.52. The van der Waals surface area contributed by atoms with Crippen LogP contribution in [-0.4, -0.2) is 11.0 Å². The summed E-state index contributed by atoms with van der Waals surface area (Å²) in [6, 6.07) is 0.633. The minimum absolute atomic E-state index is 0.0377. The van der Waals surface area contributed by atoms with Crippen LogP contribution < -0.4 is 10.2 Å². The number of aromatic nitrogens is 1. The van der Waals surface area contributed by atoms with Gasteiger partial charge in [-0.1, -0.05) is 25.2 Å². The lowest BCUT2D eigenvalue weighted by Gasteiger charge is -2.43. The fraction of sp³-hybridized carbons (Fsp3) is 0.700. The summed E-state index contributed by atoms with van der Waals surface area (Å²) in [5.74, 6) is 0. The van der Waals surface area contributed by atoms with E-state index in [1.165, 1.54) is 24.2 Å². The first kappa shape index (κ1) is 9.93. The summed E-state index contributed by atoms with van der Waals surface area (Å²) in [6.45, 7) is 5.37.